The maximum absolute atomic E-state index is 13.2. The summed E-state index contributed by atoms with van der Waals surface area (Å²) in [6, 6.07) is 26.1. The molecule has 8 nitrogen and oxygen atoms in total. The zero-order chi connectivity index (χ0) is 27.0. The first kappa shape index (κ1) is 26.6. The van der Waals surface area contributed by atoms with Gasteiger partial charge in [-0.3, -0.25) is 9.36 Å². The Bertz CT molecular complexity index is 1430. The van der Waals surface area contributed by atoms with E-state index in [2.05, 4.69) is 4.98 Å². The molecule has 3 aromatic carbocycles. The second-order valence-corrected chi connectivity index (χ2v) is 9.89. The van der Waals surface area contributed by atoms with Gasteiger partial charge in [0.2, 0.25) is 0 Å². The van der Waals surface area contributed by atoms with Crippen molar-refractivity contribution in [2.45, 2.75) is 57.3 Å². The summed E-state index contributed by atoms with van der Waals surface area (Å²) in [6.07, 6.45) is 1.59. The molecule has 4 aromatic rings. The van der Waals surface area contributed by atoms with E-state index in [1.807, 2.05) is 66.7 Å². The van der Waals surface area contributed by atoms with Crippen LogP contribution in [0.4, 0.5) is 4.79 Å². The highest BCUT2D eigenvalue weighted by Gasteiger charge is 2.37. The van der Waals surface area contributed by atoms with Crippen LogP contribution in [0.1, 0.15) is 30.4 Å². The molecule has 0 radical (unpaired) electrons. The predicted octanol–water partition coefficient (Wildman–Crippen LogP) is 4.53. The molecule has 1 N–H and O–H groups in total. The van der Waals surface area contributed by atoms with Crippen molar-refractivity contribution in [3.63, 3.8) is 0 Å². The van der Waals surface area contributed by atoms with Crippen LogP contribution in [0.3, 0.4) is 0 Å². The number of nitrogens with zero attached hydrogens (tertiary/aromatic N) is 3. The number of likely N-dealkylation sites (tertiary alicyclic amines) is 1. The van der Waals surface area contributed by atoms with Crippen molar-refractivity contribution in [2.75, 3.05) is 6.54 Å². The van der Waals surface area contributed by atoms with Crippen LogP contribution in [-0.4, -0.2) is 50.4 Å². The third kappa shape index (κ3) is 6.71. The number of carbonyl (C=O) groups is 1. The summed E-state index contributed by atoms with van der Waals surface area (Å²) in [5.74, 6) is 0. The molecule has 1 unspecified atom stereocenters. The van der Waals surface area contributed by atoms with Gasteiger partial charge in [0.1, 0.15) is 6.61 Å². The first-order valence-corrected chi connectivity index (χ1v) is 13.3. The molecule has 1 amide bonds. The SMILES string of the molecule is O=C(OCc1ccccc1)N1CCC[C@H](OCc2ccccc2)[C@H]1CC(O)Cn1cnc2ccccc2c1=O. The van der Waals surface area contributed by atoms with E-state index in [0.29, 0.717) is 24.1 Å². The topological polar surface area (TPSA) is 93.9 Å². The lowest BCUT2D eigenvalue weighted by Gasteiger charge is -2.41. The molecule has 1 aliphatic heterocycles. The molecule has 0 aliphatic carbocycles. The quantitative estimate of drug-likeness (QED) is 0.344. The van der Waals surface area contributed by atoms with Gasteiger partial charge in [-0.2, -0.15) is 0 Å². The highest BCUT2D eigenvalue weighted by atomic mass is 16.6. The fraction of sp³-hybridized carbons (Fsp3) is 0.323. The maximum Gasteiger partial charge on any atom is 0.410 e. The van der Waals surface area contributed by atoms with E-state index in [-0.39, 0.29) is 31.2 Å². The van der Waals surface area contributed by atoms with Gasteiger partial charge in [0, 0.05) is 6.54 Å². The lowest BCUT2D eigenvalue weighted by molar-refractivity contribution is -0.0624. The van der Waals surface area contributed by atoms with Crippen LogP contribution in [0.25, 0.3) is 10.9 Å². The second-order valence-electron chi connectivity index (χ2n) is 9.89. The summed E-state index contributed by atoms with van der Waals surface area (Å²) >= 11 is 0. The summed E-state index contributed by atoms with van der Waals surface area (Å²) in [7, 11) is 0. The lowest BCUT2D eigenvalue weighted by atomic mass is 9.94. The van der Waals surface area contributed by atoms with Crippen molar-refractivity contribution in [2.24, 2.45) is 0 Å². The van der Waals surface area contributed by atoms with Gasteiger partial charge in [0.15, 0.2) is 0 Å². The minimum Gasteiger partial charge on any atom is -0.445 e. The minimum absolute atomic E-state index is 0.0610. The van der Waals surface area contributed by atoms with Gasteiger partial charge >= 0.3 is 6.09 Å². The number of aliphatic hydroxyl groups is 1. The van der Waals surface area contributed by atoms with Crippen molar-refractivity contribution in [3.8, 4) is 0 Å². The van der Waals surface area contributed by atoms with Crippen LogP contribution < -0.4 is 5.56 Å². The Hall–Kier alpha value is -4.01. The van der Waals surface area contributed by atoms with E-state index in [9.17, 15) is 14.7 Å². The van der Waals surface area contributed by atoms with E-state index in [1.54, 1.807) is 23.1 Å². The number of piperidine rings is 1. The molecule has 0 saturated carbocycles. The number of carbonyl (C=O) groups excluding carboxylic acids is 1. The van der Waals surface area contributed by atoms with Crippen molar-refractivity contribution in [3.05, 3.63) is 113 Å². The molecule has 8 heteroatoms. The van der Waals surface area contributed by atoms with Gasteiger partial charge in [-0.05, 0) is 42.5 Å². The molecule has 2 heterocycles. The number of aromatic nitrogens is 2. The third-order valence-corrected chi connectivity index (χ3v) is 7.12. The Morgan fingerprint density at radius 3 is 2.36 bits per heavy atom. The van der Waals surface area contributed by atoms with Crippen LogP contribution >= 0.6 is 0 Å². The number of amides is 1. The average molecular weight is 528 g/mol. The summed E-state index contributed by atoms with van der Waals surface area (Å²) in [4.78, 5) is 32.3. The monoisotopic (exact) mass is 527 g/mol. The number of hydrogen-bond acceptors (Lipinski definition) is 6. The average Bonchev–Trinajstić information content (AvgIpc) is 2.98. The number of fused-ring (bicyclic) bond motifs is 1. The van der Waals surface area contributed by atoms with Crippen molar-refractivity contribution >= 4 is 17.0 Å². The molecule has 39 heavy (non-hydrogen) atoms. The zero-order valence-electron chi connectivity index (χ0n) is 21.8. The number of aliphatic hydroxyl groups excluding tert-OH is 1. The Morgan fingerprint density at radius 2 is 1.62 bits per heavy atom. The Labute approximate surface area is 227 Å². The molecule has 1 saturated heterocycles. The van der Waals surface area contributed by atoms with Gasteiger partial charge in [-0.1, -0.05) is 72.8 Å². The number of rotatable bonds is 9. The normalized spacial score (nSPS) is 18.1. The fourth-order valence-corrected chi connectivity index (χ4v) is 5.12. The van der Waals surface area contributed by atoms with E-state index >= 15 is 0 Å². The van der Waals surface area contributed by atoms with E-state index in [0.717, 1.165) is 24.0 Å². The van der Waals surface area contributed by atoms with Crippen LogP contribution in [0.5, 0.6) is 0 Å². The first-order valence-electron chi connectivity index (χ1n) is 13.3. The second kappa shape index (κ2) is 12.7. The van der Waals surface area contributed by atoms with Gasteiger partial charge in [-0.25, -0.2) is 9.78 Å². The molecule has 1 aromatic heterocycles. The third-order valence-electron chi connectivity index (χ3n) is 7.12. The minimum atomic E-state index is -0.902. The molecule has 5 rings (SSSR count). The van der Waals surface area contributed by atoms with Crippen molar-refractivity contribution in [1.82, 2.24) is 14.5 Å². The predicted molar refractivity (Wildman–Crippen MR) is 148 cm³/mol. The fourth-order valence-electron chi connectivity index (χ4n) is 5.12. The lowest BCUT2D eigenvalue weighted by Crippen LogP contribution is -2.53. The Kier molecular flexibility index (Phi) is 8.65. The smallest absolute Gasteiger partial charge is 0.410 e. The highest BCUT2D eigenvalue weighted by molar-refractivity contribution is 5.76. The summed E-state index contributed by atoms with van der Waals surface area (Å²) in [5.41, 5.74) is 2.34. The van der Waals surface area contributed by atoms with E-state index in [1.165, 1.54) is 10.9 Å². The number of benzene rings is 3. The number of ether oxygens (including phenoxy) is 2. The van der Waals surface area contributed by atoms with Crippen LogP contribution in [0, 0.1) is 0 Å². The maximum atomic E-state index is 13.2. The molecule has 0 bridgehead atoms. The van der Waals surface area contributed by atoms with Gasteiger partial charge < -0.3 is 19.5 Å². The van der Waals surface area contributed by atoms with Gasteiger partial charge in [-0.15, -0.1) is 0 Å². The summed E-state index contributed by atoms with van der Waals surface area (Å²) in [6.45, 7) is 1.14. The summed E-state index contributed by atoms with van der Waals surface area (Å²) in [5, 5.41) is 11.6. The van der Waals surface area contributed by atoms with Crippen molar-refractivity contribution < 1.29 is 19.4 Å². The number of hydrogen-bond donors (Lipinski definition) is 1. The molecule has 1 aliphatic rings. The van der Waals surface area contributed by atoms with Gasteiger partial charge in [0.25, 0.3) is 5.56 Å². The molecule has 3 atom stereocenters. The number of para-hydroxylation sites is 1. The van der Waals surface area contributed by atoms with Crippen LogP contribution in [-0.2, 0) is 29.2 Å². The molecular weight excluding hydrogens is 494 g/mol. The van der Waals surface area contributed by atoms with Crippen molar-refractivity contribution in [1.29, 1.82) is 0 Å². The molecule has 202 valence electrons. The van der Waals surface area contributed by atoms with Gasteiger partial charge in [0.05, 0.1) is 48.6 Å². The van der Waals surface area contributed by atoms with E-state index < -0.39 is 18.2 Å². The highest BCUT2D eigenvalue weighted by Crippen LogP contribution is 2.27. The molecule has 1 fully saturated rings. The Balaban J connectivity index is 1.32. The molecular formula is C31H33N3O5. The largest absolute Gasteiger partial charge is 0.445 e. The molecule has 0 spiro atoms. The van der Waals surface area contributed by atoms with Crippen LogP contribution in [0.2, 0.25) is 0 Å². The zero-order valence-corrected chi connectivity index (χ0v) is 21.8. The Morgan fingerprint density at radius 1 is 0.949 bits per heavy atom. The first-order chi connectivity index (χ1) is 19.1. The standard InChI is InChI=1S/C31H33N3O5/c35-25(19-33-22-32-27-15-8-7-14-26(27)30(33)36)18-28-29(38-20-23-10-3-1-4-11-23)16-9-17-34(28)31(37)39-21-24-12-5-2-6-13-24/h1-8,10-15,22,25,28-29,35H,9,16-21H2/t25?,28-,29+/m1/s1. The summed E-state index contributed by atoms with van der Waals surface area (Å²) < 4.78 is 13.4. The van der Waals surface area contributed by atoms with E-state index in [4.69, 9.17) is 9.47 Å². The van der Waals surface area contributed by atoms with Crippen LogP contribution in [0.15, 0.2) is 96.1 Å².